The molecule has 0 aromatic heterocycles. The largest absolute Gasteiger partial charge is 0.122 e. The predicted octanol–water partition coefficient (Wildman–Crippen LogP) is 5.77. The van der Waals surface area contributed by atoms with E-state index in [0.717, 1.165) is 12.8 Å². The molecule has 0 aliphatic heterocycles. The van der Waals surface area contributed by atoms with Crippen molar-refractivity contribution in [2.75, 3.05) is 0 Å². The summed E-state index contributed by atoms with van der Waals surface area (Å²) in [6, 6.07) is 10.4. The van der Waals surface area contributed by atoms with E-state index >= 15 is 0 Å². The topological polar surface area (TPSA) is 0 Å². The number of benzene rings is 1. The fourth-order valence-electron chi connectivity index (χ4n) is 1.68. The molecule has 0 N–H and O–H groups in total. The van der Waals surface area contributed by atoms with Gasteiger partial charge in [0.05, 0.1) is 0 Å². The van der Waals surface area contributed by atoms with Crippen LogP contribution < -0.4 is 0 Å². The van der Waals surface area contributed by atoms with Gasteiger partial charge in [0, 0.05) is 0 Å². The third-order valence-electron chi connectivity index (χ3n) is 2.80. The minimum Gasteiger partial charge on any atom is -0.122 e. The normalized spacial score (nSPS) is 10.3. The number of hydrogen-bond acceptors (Lipinski definition) is 0. The van der Waals surface area contributed by atoms with E-state index in [4.69, 9.17) is 0 Å². The Labute approximate surface area is 112 Å². The van der Waals surface area contributed by atoms with Gasteiger partial charge < -0.3 is 0 Å². The summed E-state index contributed by atoms with van der Waals surface area (Å²) in [4.78, 5) is 0. The van der Waals surface area contributed by atoms with Crippen LogP contribution in [0, 0.1) is 0 Å². The van der Waals surface area contributed by atoms with Gasteiger partial charge in [-0.05, 0) is 36.5 Å². The maximum absolute atomic E-state index is 3.43. The van der Waals surface area contributed by atoms with Crippen molar-refractivity contribution >= 4 is 6.08 Å². The molecule has 0 saturated heterocycles. The second-order valence-electron chi connectivity index (χ2n) is 4.51. The van der Waals surface area contributed by atoms with Crippen LogP contribution in [0.4, 0.5) is 0 Å². The van der Waals surface area contributed by atoms with Crippen molar-refractivity contribution < 1.29 is 0 Å². The summed E-state index contributed by atoms with van der Waals surface area (Å²) >= 11 is 0. The van der Waals surface area contributed by atoms with Gasteiger partial charge >= 0.3 is 0 Å². The van der Waals surface area contributed by atoms with E-state index in [0.29, 0.717) is 0 Å². The molecule has 0 nitrogen and oxygen atoms in total. The predicted molar refractivity (Wildman–Crippen MR) is 81.5 cm³/mol. The molecule has 1 aromatic rings. The van der Waals surface area contributed by atoms with E-state index in [-0.39, 0.29) is 0 Å². The zero-order chi connectivity index (χ0) is 13.1. The molecular weight excluding hydrogens is 216 g/mol. The molecule has 0 bridgehead atoms. The van der Waals surface area contributed by atoms with Gasteiger partial charge in [-0.1, -0.05) is 69.2 Å². The van der Waals surface area contributed by atoms with Gasteiger partial charge in [-0.3, -0.25) is 0 Å². The van der Waals surface area contributed by atoms with Gasteiger partial charge in [-0.25, -0.2) is 0 Å². The molecule has 0 spiro atoms. The molecule has 18 heavy (non-hydrogen) atoms. The first-order chi connectivity index (χ1) is 8.86. The van der Waals surface area contributed by atoms with Gasteiger partial charge in [0.15, 0.2) is 0 Å². The van der Waals surface area contributed by atoms with Crippen LogP contribution in [-0.4, -0.2) is 0 Å². The molecule has 0 heteroatoms. The first-order valence-electron chi connectivity index (χ1n) is 7.04. The maximum atomic E-state index is 3.43. The molecule has 0 radical (unpaired) electrons. The highest BCUT2D eigenvalue weighted by atomic mass is 14.0. The molecular formula is C18H24. The summed E-state index contributed by atoms with van der Waals surface area (Å²) in [5, 5.41) is 0. The molecule has 1 aromatic carbocycles. The van der Waals surface area contributed by atoms with E-state index in [1.807, 2.05) is 6.07 Å². The quantitative estimate of drug-likeness (QED) is 0.419. The molecule has 0 atom stereocenters. The lowest BCUT2D eigenvalue weighted by Gasteiger charge is -1.97. The molecule has 0 saturated carbocycles. The fourth-order valence-corrected chi connectivity index (χ4v) is 1.68. The summed E-state index contributed by atoms with van der Waals surface area (Å²) < 4.78 is 0. The molecule has 96 valence electrons. The average molecular weight is 240 g/mol. The minimum absolute atomic E-state index is 1.12. The standard InChI is InChI=1S/C18H24/c1-3-5-8-12-17(11-6-4-2)15-16-18-13-9-7-10-14-18/h7-10,13-16H,3-6,11H2,1-2H3/b16-15+. The summed E-state index contributed by atoms with van der Waals surface area (Å²) in [6.07, 6.45) is 12.5. The van der Waals surface area contributed by atoms with Gasteiger partial charge in [0.1, 0.15) is 0 Å². The van der Waals surface area contributed by atoms with Crippen molar-refractivity contribution in [2.24, 2.45) is 0 Å². The molecule has 0 fully saturated rings. The van der Waals surface area contributed by atoms with E-state index in [1.54, 1.807) is 0 Å². The van der Waals surface area contributed by atoms with Crippen molar-refractivity contribution in [2.45, 2.75) is 46.0 Å². The van der Waals surface area contributed by atoms with Crippen LogP contribution in [0.1, 0.15) is 51.5 Å². The van der Waals surface area contributed by atoms with Gasteiger partial charge in [0.25, 0.3) is 0 Å². The van der Waals surface area contributed by atoms with Crippen molar-refractivity contribution in [3.8, 4) is 0 Å². The monoisotopic (exact) mass is 240 g/mol. The lowest BCUT2D eigenvalue weighted by atomic mass is 10.1. The Kier molecular flexibility index (Phi) is 7.68. The van der Waals surface area contributed by atoms with Crippen LogP contribution >= 0.6 is 0 Å². The highest BCUT2D eigenvalue weighted by molar-refractivity contribution is 5.52. The van der Waals surface area contributed by atoms with E-state index < -0.39 is 0 Å². The molecule has 0 amide bonds. The lowest BCUT2D eigenvalue weighted by Crippen LogP contribution is -1.78. The number of hydrogen-bond donors (Lipinski definition) is 0. The minimum atomic E-state index is 1.12. The van der Waals surface area contributed by atoms with Crippen LogP contribution in [-0.2, 0) is 0 Å². The summed E-state index contributed by atoms with van der Waals surface area (Å²) in [6.45, 7) is 4.43. The van der Waals surface area contributed by atoms with Crippen LogP contribution in [0.3, 0.4) is 0 Å². The molecule has 0 heterocycles. The van der Waals surface area contributed by atoms with Crippen molar-refractivity contribution in [1.82, 2.24) is 0 Å². The van der Waals surface area contributed by atoms with Crippen LogP contribution in [0.5, 0.6) is 0 Å². The molecule has 0 unspecified atom stereocenters. The summed E-state index contributed by atoms with van der Waals surface area (Å²) in [7, 11) is 0. The Morgan fingerprint density at radius 2 is 1.89 bits per heavy atom. The second kappa shape index (κ2) is 9.50. The zero-order valence-electron chi connectivity index (χ0n) is 11.7. The van der Waals surface area contributed by atoms with E-state index in [1.165, 1.54) is 30.4 Å². The first-order valence-corrected chi connectivity index (χ1v) is 7.04. The first kappa shape index (κ1) is 14.5. The Morgan fingerprint density at radius 3 is 2.56 bits per heavy atom. The van der Waals surface area contributed by atoms with E-state index in [9.17, 15) is 0 Å². The Morgan fingerprint density at radius 1 is 1.11 bits per heavy atom. The zero-order valence-corrected chi connectivity index (χ0v) is 11.7. The summed E-state index contributed by atoms with van der Waals surface area (Å²) in [5.74, 6) is 0. The van der Waals surface area contributed by atoms with Crippen molar-refractivity contribution in [3.63, 3.8) is 0 Å². The smallest absolute Gasteiger partial charge is 0.00635 e. The third kappa shape index (κ3) is 6.27. The number of rotatable bonds is 7. The van der Waals surface area contributed by atoms with Crippen LogP contribution in [0.15, 0.2) is 53.8 Å². The van der Waals surface area contributed by atoms with Gasteiger partial charge in [-0.2, -0.15) is 0 Å². The second-order valence-corrected chi connectivity index (χ2v) is 4.51. The van der Waals surface area contributed by atoms with Crippen molar-refractivity contribution in [3.05, 3.63) is 59.4 Å². The van der Waals surface area contributed by atoms with Gasteiger partial charge in [-0.15, -0.1) is 5.73 Å². The Hall–Kier alpha value is -1.52. The molecule has 0 aliphatic rings. The third-order valence-corrected chi connectivity index (χ3v) is 2.80. The lowest BCUT2D eigenvalue weighted by molar-refractivity contribution is 0.798. The van der Waals surface area contributed by atoms with Crippen molar-refractivity contribution in [1.29, 1.82) is 0 Å². The summed E-state index contributed by atoms with van der Waals surface area (Å²) in [5.41, 5.74) is 6.00. The molecule has 0 aliphatic carbocycles. The highest BCUT2D eigenvalue weighted by Crippen LogP contribution is 2.11. The Bertz CT molecular complexity index is 403. The highest BCUT2D eigenvalue weighted by Gasteiger charge is 1.91. The maximum Gasteiger partial charge on any atom is -0.00635 e. The number of unbranched alkanes of at least 4 members (excludes halogenated alkanes) is 2. The molecule has 1 rings (SSSR count). The Balaban J connectivity index is 2.72. The van der Waals surface area contributed by atoms with Gasteiger partial charge in [0.2, 0.25) is 0 Å². The van der Waals surface area contributed by atoms with E-state index in [2.05, 4.69) is 62.1 Å². The van der Waals surface area contributed by atoms with Crippen LogP contribution in [0.25, 0.3) is 6.08 Å². The SMILES string of the molecule is CCCC=C=C(/C=C/c1ccccc1)CCCC. The number of allylic oxidation sites excluding steroid dienone is 2. The van der Waals surface area contributed by atoms with Crippen LogP contribution in [0.2, 0.25) is 0 Å². The average Bonchev–Trinajstić information content (AvgIpc) is 2.42. The fraction of sp³-hybridized carbons (Fsp3) is 0.389.